The second kappa shape index (κ2) is 5.05. The van der Waals surface area contributed by atoms with Crippen LogP contribution in [0.15, 0.2) is 0 Å². The largest absolute Gasteiger partial charge is 0.383 e. The lowest BCUT2D eigenvalue weighted by Crippen LogP contribution is -2.35. The van der Waals surface area contributed by atoms with Crippen molar-refractivity contribution >= 4 is 6.03 Å². The fraction of sp³-hybridized carbons (Fsp3) is 0.667. The van der Waals surface area contributed by atoms with Crippen molar-refractivity contribution in [2.24, 2.45) is 5.73 Å². The van der Waals surface area contributed by atoms with E-state index in [1.165, 1.54) is 4.90 Å². The van der Waals surface area contributed by atoms with Crippen molar-refractivity contribution in [3.05, 3.63) is 6.54 Å². The molecule has 0 spiro atoms. The third kappa shape index (κ3) is 3.29. The molecule has 0 saturated heterocycles. The molecule has 0 atom stereocenters. The molecule has 0 bridgehead atoms. The van der Waals surface area contributed by atoms with Gasteiger partial charge >= 0.3 is 6.03 Å². The van der Waals surface area contributed by atoms with Gasteiger partial charge in [-0.05, 0) is 6.92 Å². The van der Waals surface area contributed by atoms with E-state index < -0.39 is 6.03 Å². The molecule has 0 fully saturated rings. The van der Waals surface area contributed by atoms with Gasteiger partial charge in [0.25, 0.3) is 0 Å². The van der Waals surface area contributed by atoms with Crippen LogP contribution in [-0.2, 0) is 4.74 Å². The average Bonchev–Trinajstić information content (AvgIpc) is 1.89. The Morgan fingerprint density at radius 2 is 2.40 bits per heavy atom. The minimum atomic E-state index is -0.445. The van der Waals surface area contributed by atoms with Crippen molar-refractivity contribution in [3.8, 4) is 0 Å². The van der Waals surface area contributed by atoms with Crippen LogP contribution in [0.2, 0.25) is 0 Å². The molecule has 0 aliphatic carbocycles. The third-order valence-corrected chi connectivity index (χ3v) is 1.13. The topological polar surface area (TPSA) is 55.6 Å². The summed E-state index contributed by atoms with van der Waals surface area (Å²) in [5.74, 6) is 0. The van der Waals surface area contributed by atoms with Crippen LogP contribution in [0.3, 0.4) is 0 Å². The Kier molecular flexibility index (Phi) is 4.66. The van der Waals surface area contributed by atoms with Crippen molar-refractivity contribution in [2.75, 3.05) is 20.3 Å². The van der Waals surface area contributed by atoms with Gasteiger partial charge in [0.2, 0.25) is 0 Å². The van der Waals surface area contributed by atoms with E-state index in [1.54, 1.807) is 20.6 Å². The van der Waals surface area contributed by atoms with Gasteiger partial charge in [-0.3, -0.25) is 0 Å². The Morgan fingerprint density at radius 3 is 2.70 bits per heavy atom. The SMILES string of the molecule is C[CH]N(CCOC)C(N)=O. The lowest BCUT2D eigenvalue weighted by atomic mass is 10.5. The summed E-state index contributed by atoms with van der Waals surface area (Å²) in [6.45, 7) is 4.40. The highest BCUT2D eigenvalue weighted by molar-refractivity contribution is 5.72. The predicted octanol–water partition coefficient (Wildman–Crippen LogP) is 0.195. The number of carbonyl (C=O) groups excluding carboxylic acids is 1. The second-order valence-electron chi connectivity index (χ2n) is 1.78. The molecule has 59 valence electrons. The van der Waals surface area contributed by atoms with E-state index >= 15 is 0 Å². The number of carbonyl (C=O) groups is 1. The summed E-state index contributed by atoms with van der Waals surface area (Å²) < 4.78 is 4.75. The normalized spacial score (nSPS) is 9.40. The smallest absolute Gasteiger partial charge is 0.315 e. The molecule has 2 amide bonds. The maximum Gasteiger partial charge on any atom is 0.315 e. The van der Waals surface area contributed by atoms with Gasteiger partial charge in [0, 0.05) is 13.7 Å². The zero-order valence-electron chi connectivity index (χ0n) is 6.33. The molecule has 1 radical (unpaired) electrons. The Labute approximate surface area is 60.9 Å². The van der Waals surface area contributed by atoms with Crippen LogP contribution >= 0.6 is 0 Å². The number of amides is 2. The predicted molar refractivity (Wildman–Crippen MR) is 38.1 cm³/mol. The molecule has 10 heavy (non-hydrogen) atoms. The molecule has 0 aromatic heterocycles. The standard InChI is InChI=1S/C6H13N2O2/c1-3-8(6(7)9)4-5-10-2/h3H,4-5H2,1-2H3,(H2,7,9). The Balaban J connectivity index is 3.50. The van der Waals surface area contributed by atoms with E-state index in [2.05, 4.69) is 0 Å². The number of urea groups is 1. The summed E-state index contributed by atoms with van der Waals surface area (Å²) in [6.07, 6.45) is 0. The maximum absolute atomic E-state index is 10.5. The number of primary amides is 1. The average molecular weight is 145 g/mol. The summed E-state index contributed by atoms with van der Waals surface area (Å²) in [5, 5.41) is 0. The van der Waals surface area contributed by atoms with Crippen molar-refractivity contribution in [2.45, 2.75) is 6.92 Å². The number of hydrogen-bond acceptors (Lipinski definition) is 2. The van der Waals surface area contributed by atoms with E-state index in [0.29, 0.717) is 13.2 Å². The van der Waals surface area contributed by atoms with Crippen LogP contribution in [0.4, 0.5) is 4.79 Å². The van der Waals surface area contributed by atoms with Gasteiger partial charge in [-0.2, -0.15) is 0 Å². The highest BCUT2D eigenvalue weighted by atomic mass is 16.5. The number of rotatable bonds is 4. The van der Waals surface area contributed by atoms with Gasteiger partial charge in [-0.15, -0.1) is 0 Å². The minimum Gasteiger partial charge on any atom is -0.383 e. The molecule has 4 heteroatoms. The summed E-state index contributed by atoms with van der Waals surface area (Å²) in [7, 11) is 1.58. The zero-order valence-corrected chi connectivity index (χ0v) is 6.33. The van der Waals surface area contributed by atoms with Gasteiger partial charge in [0.15, 0.2) is 0 Å². The minimum absolute atomic E-state index is 0.445. The van der Waals surface area contributed by atoms with Crippen molar-refractivity contribution in [3.63, 3.8) is 0 Å². The van der Waals surface area contributed by atoms with E-state index in [-0.39, 0.29) is 0 Å². The first-order chi connectivity index (χ1) is 4.72. The monoisotopic (exact) mass is 145 g/mol. The van der Waals surface area contributed by atoms with Crippen molar-refractivity contribution in [1.29, 1.82) is 0 Å². The molecular formula is C6H13N2O2. The van der Waals surface area contributed by atoms with Crippen molar-refractivity contribution in [1.82, 2.24) is 4.90 Å². The highest BCUT2D eigenvalue weighted by Crippen LogP contribution is 1.90. The van der Waals surface area contributed by atoms with Crippen LogP contribution < -0.4 is 5.73 Å². The summed E-state index contributed by atoms with van der Waals surface area (Å²) in [4.78, 5) is 11.9. The van der Waals surface area contributed by atoms with Gasteiger partial charge in [0.05, 0.1) is 13.2 Å². The summed E-state index contributed by atoms with van der Waals surface area (Å²) in [5.41, 5.74) is 4.99. The van der Waals surface area contributed by atoms with Crippen LogP contribution in [0.5, 0.6) is 0 Å². The Morgan fingerprint density at radius 1 is 1.80 bits per heavy atom. The molecular weight excluding hydrogens is 132 g/mol. The molecule has 0 aliphatic heterocycles. The molecule has 0 aliphatic rings. The first-order valence-electron chi connectivity index (χ1n) is 3.07. The van der Waals surface area contributed by atoms with Crippen molar-refractivity contribution < 1.29 is 9.53 Å². The second-order valence-corrected chi connectivity index (χ2v) is 1.78. The molecule has 0 rings (SSSR count). The fourth-order valence-corrected chi connectivity index (χ4v) is 0.556. The van der Waals surface area contributed by atoms with Crippen LogP contribution in [-0.4, -0.2) is 31.2 Å². The highest BCUT2D eigenvalue weighted by Gasteiger charge is 2.04. The summed E-state index contributed by atoms with van der Waals surface area (Å²) >= 11 is 0. The van der Waals surface area contributed by atoms with Gasteiger partial charge in [-0.1, -0.05) is 0 Å². The van der Waals surface area contributed by atoms with E-state index in [1.807, 2.05) is 0 Å². The van der Waals surface area contributed by atoms with Crippen LogP contribution in [0, 0.1) is 6.54 Å². The van der Waals surface area contributed by atoms with Gasteiger partial charge in [0.1, 0.15) is 0 Å². The lowest BCUT2D eigenvalue weighted by Gasteiger charge is -2.16. The first-order valence-corrected chi connectivity index (χ1v) is 3.07. The molecule has 4 nitrogen and oxygen atoms in total. The fourth-order valence-electron chi connectivity index (χ4n) is 0.556. The summed E-state index contributed by atoms with van der Waals surface area (Å²) in [6, 6.07) is -0.445. The van der Waals surface area contributed by atoms with Crippen LogP contribution in [0.1, 0.15) is 6.92 Å². The van der Waals surface area contributed by atoms with Crippen LogP contribution in [0.25, 0.3) is 0 Å². The number of nitrogens with two attached hydrogens (primary N) is 1. The molecule has 2 N–H and O–H groups in total. The quantitative estimate of drug-likeness (QED) is 0.614. The van der Waals surface area contributed by atoms with Gasteiger partial charge in [-0.25, -0.2) is 4.79 Å². The number of methoxy groups -OCH3 is 1. The molecule has 0 aromatic rings. The number of hydrogen-bond donors (Lipinski definition) is 1. The zero-order chi connectivity index (χ0) is 7.98. The van der Waals surface area contributed by atoms with E-state index in [0.717, 1.165) is 0 Å². The van der Waals surface area contributed by atoms with E-state index in [4.69, 9.17) is 10.5 Å². The Hall–Kier alpha value is -0.770. The maximum atomic E-state index is 10.5. The van der Waals surface area contributed by atoms with Gasteiger partial charge < -0.3 is 15.4 Å². The molecule has 0 heterocycles. The third-order valence-electron chi connectivity index (χ3n) is 1.13. The molecule has 0 unspecified atom stereocenters. The molecule has 0 aromatic carbocycles. The molecule has 0 saturated carbocycles. The lowest BCUT2D eigenvalue weighted by molar-refractivity contribution is 0.164. The number of nitrogens with zero attached hydrogens (tertiary/aromatic N) is 1. The first kappa shape index (κ1) is 9.23. The number of ether oxygens (including phenoxy) is 1. The Bertz CT molecular complexity index is 106. The van der Waals surface area contributed by atoms with E-state index in [9.17, 15) is 4.79 Å².